The lowest BCUT2D eigenvalue weighted by molar-refractivity contribution is -0.140. The second-order valence-electron chi connectivity index (χ2n) is 9.93. The summed E-state index contributed by atoms with van der Waals surface area (Å²) in [5.74, 6) is 0.332. The summed E-state index contributed by atoms with van der Waals surface area (Å²) >= 11 is 3.48. The van der Waals surface area contributed by atoms with Crippen molar-refractivity contribution in [3.63, 3.8) is 0 Å². The number of likely N-dealkylation sites (N-methyl/N-ethyl adjacent to an activating group) is 1. The average molecular weight is 665 g/mol. The van der Waals surface area contributed by atoms with E-state index in [0.717, 1.165) is 26.2 Å². The van der Waals surface area contributed by atoms with Crippen LogP contribution < -0.4 is 14.4 Å². The van der Waals surface area contributed by atoms with E-state index in [-0.39, 0.29) is 18.9 Å². The van der Waals surface area contributed by atoms with Gasteiger partial charge in [0.25, 0.3) is 0 Å². The van der Waals surface area contributed by atoms with Gasteiger partial charge in [0.1, 0.15) is 24.1 Å². The normalized spacial score (nSPS) is 11.8. The summed E-state index contributed by atoms with van der Waals surface area (Å²) < 4.78 is 33.7. The van der Waals surface area contributed by atoms with E-state index in [4.69, 9.17) is 4.74 Å². The minimum absolute atomic E-state index is 0.106. The second kappa shape index (κ2) is 14.8. The topological polar surface area (TPSA) is 96.0 Å². The van der Waals surface area contributed by atoms with Gasteiger partial charge in [-0.3, -0.25) is 13.9 Å². The summed E-state index contributed by atoms with van der Waals surface area (Å²) in [5.41, 5.74) is 1.97. The number of nitrogens with zero attached hydrogens (tertiary/aromatic N) is 2. The summed E-state index contributed by atoms with van der Waals surface area (Å²) in [6.07, 6.45) is 1.31. The molecule has 0 fully saturated rings. The molecule has 0 aliphatic rings. The fraction of sp³-hybridized carbons (Fsp3) is 0.212. The summed E-state index contributed by atoms with van der Waals surface area (Å²) in [6, 6.07) is 31.7. The van der Waals surface area contributed by atoms with Crippen molar-refractivity contribution >= 4 is 43.5 Å². The number of hydrogen-bond donors (Lipinski definition) is 1. The lowest BCUT2D eigenvalue weighted by Crippen LogP contribution is -2.53. The number of benzene rings is 4. The first-order chi connectivity index (χ1) is 20.6. The molecule has 0 aromatic heterocycles. The van der Waals surface area contributed by atoms with Gasteiger partial charge >= 0.3 is 0 Å². The van der Waals surface area contributed by atoms with Gasteiger partial charge in [-0.05, 0) is 66.6 Å². The smallest absolute Gasteiger partial charge is 0.244 e. The van der Waals surface area contributed by atoms with Crippen molar-refractivity contribution in [1.82, 2.24) is 10.2 Å². The maximum absolute atomic E-state index is 14.1. The molecule has 1 N–H and O–H groups in total. The molecule has 0 spiro atoms. The van der Waals surface area contributed by atoms with Gasteiger partial charge in [-0.1, -0.05) is 76.6 Å². The zero-order chi connectivity index (χ0) is 30.8. The molecule has 8 nitrogen and oxygen atoms in total. The number of carbonyl (C=O) groups excluding carboxylic acids is 2. The molecule has 0 aliphatic heterocycles. The maximum atomic E-state index is 14.1. The van der Waals surface area contributed by atoms with Crippen molar-refractivity contribution in [2.24, 2.45) is 0 Å². The monoisotopic (exact) mass is 663 g/mol. The van der Waals surface area contributed by atoms with E-state index in [1.807, 2.05) is 91.9 Å². The lowest BCUT2D eigenvalue weighted by atomic mass is 10.0. The summed E-state index contributed by atoms with van der Waals surface area (Å²) in [5, 5.41) is 2.85. The Hall–Kier alpha value is -4.15. The van der Waals surface area contributed by atoms with Crippen LogP contribution in [0.1, 0.15) is 18.1 Å². The van der Waals surface area contributed by atoms with Crippen molar-refractivity contribution in [3.8, 4) is 11.5 Å². The number of nitrogens with one attached hydrogen (secondary N) is 1. The Balaban J connectivity index is 1.66. The van der Waals surface area contributed by atoms with E-state index in [0.29, 0.717) is 23.7 Å². The molecule has 1 atom stereocenters. The van der Waals surface area contributed by atoms with Crippen LogP contribution >= 0.6 is 15.9 Å². The first-order valence-corrected chi connectivity index (χ1v) is 16.4. The quantitative estimate of drug-likeness (QED) is 0.196. The lowest BCUT2D eigenvalue weighted by Gasteiger charge is -2.33. The third-order valence-electron chi connectivity index (χ3n) is 6.65. The highest BCUT2D eigenvalue weighted by molar-refractivity contribution is 9.10. The molecule has 224 valence electrons. The molecule has 4 rings (SSSR count). The van der Waals surface area contributed by atoms with Crippen LogP contribution in [0.5, 0.6) is 11.5 Å². The van der Waals surface area contributed by atoms with E-state index in [1.165, 1.54) is 4.90 Å². The highest BCUT2D eigenvalue weighted by Gasteiger charge is 2.32. The third-order valence-corrected chi connectivity index (χ3v) is 8.28. The van der Waals surface area contributed by atoms with Crippen LogP contribution in [0, 0.1) is 0 Å². The zero-order valence-corrected chi connectivity index (χ0v) is 26.4. The van der Waals surface area contributed by atoms with Crippen molar-refractivity contribution in [2.45, 2.75) is 25.9 Å². The molecule has 43 heavy (non-hydrogen) atoms. The first-order valence-electron chi connectivity index (χ1n) is 13.8. The van der Waals surface area contributed by atoms with Crippen LogP contribution in [0.25, 0.3) is 0 Å². The van der Waals surface area contributed by atoms with E-state index >= 15 is 0 Å². The Bertz CT molecular complexity index is 1620. The Labute approximate surface area is 261 Å². The minimum Gasteiger partial charge on any atom is -0.457 e. The van der Waals surface area contributed by atoms with Crippen molar-refractivity contribution in [3.05, 3.63) is 125 Å². The van der Waals surface area contributed by atoms with Crippen LogP contribution in [0.3, 0.4) is 0 Å². The minimum atomic E-state index is -3.88. The van der Waals surface area contributed by atoms with Crippen LogP contribution in [0.2, 0.25) is 0 Å². The summed E-state index contributed by atoms with van der Waals surface area (Å²) in [4.78, 5) is 29.0. The number of amides is 2. The molecule has 10 heteroatoms. The predicted octanol–water partition coefficient (Wildman–Crippen LogP) is 5.78. The standard InChI is InChI=1S/C33H34BrN3O5S/c1-3-35-33(39)31(22-25-11-6-4-7-12-25)36(23-26-13-10-14-27(34)21-26)32(38)24-37(43(2,40)41)28-17-19-30(20-18-28)42-29-15-8-5-9-16-29/h4-21,31H,3,22-24H2,1-2H3,(H,35,39). The molecule has 2 amide bonds. The summed E-state index contributed by atoms with van der Waals surface area (Å²) in [7, 11) is -3.88. The number of rotatable bonds is 13. The van der Waals surface area contributed by atoms with Gasteiger partial charge in [0, 0.05) is 24.0 Å². The van der Waals surface area contributed by atoms with Gasteiger partial charge in [-0.25, -0.2) is 8.42 Å². The Kier molecular flexibility index (Phi) is 11.0. The number of sulfonamides is 1. The molecule has 4 aromatic carbocycles. The molecule has 0 saturated heterocycles. The highest BCUT2D eigenvalue weighted by atomic mass is 79.9. The fourth-order valence-corrected chi connectivity index (χ4v) is 5.89. The molecule has 0 bridgehead atoms. The molecule has 0 radical (unpaired) electrons. The van der Waals surface area contributed by atoms with Gasteiger partial charge in [0.05, 0.1) is 11.9 Å². The Morgan fingerprint density at radius 2 is 1.44 bits per heavy atom. The van der Waals surface area contributed by atoms with Crippen LogP contribution in [-0.4, -0.2) is 50.5 Å². The van der Waals surface area contributed by atoms with Gasteiger partial charge in [0.15, 0.2) is 0 Å². The van der Waals surface area contributed by atoms with Crippen molar-refractivity contribution in [1.29, 1.82) is 0 Å². The highest BCUT2D eigenvalue weighted by Crippen LogP contribution is 2.26. The second-order valence-corrected chi connectivity index (χ2v) is 12.8. The molecule has 0 heterocycles. The predicted molar refractivity (Wildman–Crippen MR) is 172 cm³/mol. The van der Waals surface area contributed by atoms with E-state index in [9.17, 15) is 18.0 Å². The fourth-order valence-electron chi connectivity index (χ4n) is 4.60. The van der Waals surface area contributed by atoms with E-state index in [2.05, 4.69) is 21.2 Å². The third kappa shape index (κ3) is 9.17. The van der Waals surface area contributed by atoms with Crippen molar-refractivity contribution in [2.75, 3.05) is 23.7 Å². The van der Waals surface area contributed by atoms with Crippen molar-refractivity contribution < 1.29 is 22.7 Å². The van der Waals surface area contributed by atoms with Gasteiger partial charge in [-0.15, -0.1) is 0 Å². The van der Waals surface area contributed by atoms with E-state index in [1.54, 1.807) is 24.3 Å². The summed E-state index contributed by atoms with van der Waals surface area (Å²) in [6.45, 7) is 1.81. The maximum Gasteiger partial charge on any atom is 0.244 e. The first kappa shape index (κ1) is 31.8. The Morgan fingerprint density at radius 1 is 0.837 bits per heavy atom. The van der Waals surface area contributed by atoms with E-state index < -0.39 is 28.5 Å². The van der Waals surface area contributed by atoms with Gasteiger partial charge in [-0.2, -0.15) is 0 Å². The number of anilines is 1. The molecular formula is C33H34BrN3O5S. The van der Waals surface area contributed by atoms with Gasteiger partial charge < -0.3 is 15.0 Å². The number of carbonyl (C=O) groups is 2. The molecule has 0 saturated carbocycles. The number of para-hydroxylation sites is 1. The molecule has 0 aliphatic carbocycles. The Morgan fingerprint density at radius 3 is 2.05 bits per heavy atom. The number of halogens is 1. The molecule has 1 unspecified atom stereocenters. The average Bonchev–Trinajstić information content (AvgIpc) is 2.99. The molecule has 4 aromatic rings. The molecular weight excluding hydrogens is 630 g/mol. The number of hydrogen-bond acceptors (Lipinski definition) is 5. The zero-order valence-electron chi connectivity index (χ0n) is 24.0. The van der Waals surface area contributed by atoms with Crippen LogP contribution in [0.4, 0.5) is 5.69 Å². The van der Waals surface area contributed by atoms with Crippen LogP contribution in [0.15, 0.2) is 114 Å². The van der Waals surface area contributed by atoms with Gasteiger partial charge in [0.2, 0.25) is 21.8 Å². The largest absolute Gasteiger partial charge is 0.457 e. The SMILES string of the molecule is CCNC(=O)C(Cc1ccccc1)N(Cc1cccc(Br)c1)C(=O)CN(c1ccc(Oc2ccccc2)cc1)S(C)(=O)=O. The van der Waals surface area contributed by atoms with Crippen LogP contribution in [-0.2, 0) is 32.6 Å². The number of ether oxygens (including phenoxy) is 1.